The largest absolute Gasteiger partial charge is 0.493 e. The predicted molar refractivity (Wildman–Crippen MR) is 53.3 cm³/mol. The van der Waals surface area contributed by atoms with Gasteiger partial charge in [0.15, 0.2) is 0 Å². The van der Waals surface area contributed by atoms with Crippen LogP contribution >= 0.6 is 27.5 Å². The second-order valence-electron chi connectivity index (χ2n) is 2.79. The van der Waals surface area contributed by atoms with Gasteiger partial charge in [0.25, 0.3) is 0 Å². The fourth-order valence-electron chi connectivity index (χ4n) is 1.45. The van der Waals surface area contributed by atoms with Crippen molar-refractivity contribution in [2.24, 2.45) is 0 Å². The zero-order valence-corrected chi connectivity index (χ0v) is 8.78. The van der Waals surface area contributed by atoms with Crippen LogP contribution in [0.5, 0.6) is 5.75 Å². The molecule has 0 N–H and O–H groups in total. The maximum absolute atomic E-state index is 5.93. The van der Waals surface area contributed by atoms with Gasteiger partial charge in [-0.05, 0) is 17.7 Å². The summed E-state index contributed by atoms with van der Waals surface area (Å²) >= 11 is 9.34. The number of halogens is 2. The van der Waals surface area contributed by atoms with Crippen molar-refractivity contribution in [2.45, 2.75) is 11.8 Å². The average molecular weight is 248 g/mol. The SMILES string of the molecule is Clc1cc(CBr)c2c(c1)CCO2. The highest BCUT2D eigenvalue weighted by molar-refractivity contribution is 9.08. The van der Waals surface area contributed by atoms with Gasteiger partial charge in [0.2, 0.25) is 0 Å². The van der Waals surface area contributed by atoms with Gasteiger partial charge in [-0.2, -0.15) is 0 Å². The lowest BCUT2D eigenvalue weighted by Crippen LogP contribution is -1.89. The monoisotopic (exact) mass is 246 g/mol. The van der Waals surface area contributed by atoms with Crippen LogP contribution in [0.25, 0.3) is 0 Å². The molecule has 0 radical (unpaired) electrons. The van der Waals surface area contributed by atoms with Crippen LogP contribution < -0.4 is 4.74 Å². The molecule has 0 aliphatic carbocycles. The summed E-state index contributed by atoms with van der Waals surface area (Å²) in [6.45, 7) is 0.787. The summed E-state index contributed by atoms with van der Waals surface area (Å²) in [6.07, 6.45) is 0.982. The smallest absolute Gasteiger partial charge is 0.126 e. The zero-order chi connectivity index (χ0) is 8.55. The molecule has 0 spiro atoms. The van der Waals surface area contributed by atoms with E-state index in [1.165, 1.54) is 5.56 Å². The zero-order valence-electron chi connectivity index (χ0n) is 6.44. The molecule has 2 rings (SSSR count). The lowest BCUT2D eigenvalue weighted by Gasteiger charge is -2.05. The Balaban J connectivity index is 2.55. The first-order valence-electron chi connectivity index (χ1n) is 3.81. The maximum atomic E-state index is 5.93. The van der Waals surface area contributed by atoms with Gasteiger partial charge in [-0.3, -0.25) is 0 Å². The Bertz CT molecular complexity index is 312. The molecule has 1 heterocycles. The van der Waals surface area contributed by atoms with Gasteiger partial charge in [0, 0.05) is 22.3 Å². The molecular weight excluding hydrogens is 239 g/mol. The van der Waals surface area contributed by atoms with Crippen LogP contribution in [-0.4, -0.2) is 6.61 Å². The summed E-state index contributed by atoms with van der Waals surface area (Å²) < 4.78 is 5.49. The third-order valence-corrected chi connectivity index (χ3v) is 2.79. The fraction of sp³-hybridized carbons (Fsp3) is 0.333. The van der Waals surface area contributed by atoms with Crippen molar-refractivity contribution in [3.63, 3.8) is 0 Å². The van der Waals surface area contributed by atoms with Crippen molar-refractivity contribution in [1.82, 2.24) is 0 Å². The molecule has 0 saturated carbocycles. The maximum Gasteiger partial charge on any atom is 0.126 e. The fourth-order valence-corrected chi connectivity index (χ4v) is 2.13. The second-order valence-corrected chi connectivity index (χ2v) is 3.78. The molecule has 1 aliphatic rings. The van der Waals surface area contributed by atoms with Crippen LogP contribution in [0, 0.1) is 0 Å². The van der Waals surface area contributed by atoms with Crippen LogP contribution in [0.2, 0.25) is 5.02 Å². The Kier molecular flexibility index (Phi) is 2.28. The molecule has 64 valence electrons. The summed E-state index contributed by atoms with van der Waals surface area (Å²) in [5.41, 5.74) is 2.38. The minimum atomic E-state index is 0.787. The Morgan fingerprint density at radius 1 is 1.50 bits per heavy atom. The molecule has 1 aromatic carbocycles. The molecular formula is C9H8BrClO. The van der Waals surface area contributed by atoms with Crippen molar-refractivity contribution in [2.75, 3.05) is 6.61 Å². The van der Waals surface area contributed by atoms with Crippen LogP contribution in [-0.2, 0) is 11.8 Å². The summed E-state index contributed by atoms with van der Waals surface area (Å²) in [7, 11) is 0. The summed E-state index contributed by atoms with van der Waals surface area (Å²) in [4.78, 5) is 0. The molecule has 3 heteroatoms. The van der Waals surface area contributed by atoms with Crippen LogP contribution in [0.4, 0.5) is 0 Å². The van der Waals surface area contributed by atoms with E-state index in [1.54, 1.807) is 0 Å². The van der Waals surface area contributed by atoms with Crippen molar-refractivity contribution >= 4 is 27.5 Å². The molecule has 0 bridgehead atoms. The molecule has 0 unspecified atom stereocenters. The highest BCUT2D eigenvalue weighted by Gasteiger charge is 2.16. The Hall–Kier alpha value is -0.210. The molecule has 0 atom stereocenters. The van der Waals surface area contributed by atoms with Gasteiger partial charge < -0.3 is 4.74 Å². The minimum Gasteiger partial charge on any atom is -0.493 e. The normalized spacial score (nSPS) is 14.2. The van der Waals surface area contributed by atoms with E-state index in [0.717, 1.165) is 34.7 Å². The van der Waals surface area contributed by atoms with Crippen molar-refractivity contribution < 1.29 is 4.74 Å². The summed E-state index contributed by atoms with van der Waals surface area (Å²) in [5.74, 6) is 1.02. The lowest BCUT2D eigenvalue weighted by molar-refractivity contribution is 0.354. The van der Waals surface area contributed by atoms with Crippen LogP contribution in [0.3, 0.4) is 0 Å². The molecule has 1 nitrogen and oxygen atoms in total. The van der Waals surface area contributed by atoms with E-state index < -0.39 is 0 Å². The van der Waals surface area contributed by atoms with Gasteiger partial charge >= 0.3 is 0 Å². The molecule has 0 fully saturated rings. The standard InChI is InChI=1S/C9H8BrClO/c10-5-7-4-8(11)3-6-1-2-12-9(6)7/h3-4H,1-2,5H2. The second kappa shape index (κ2) is 3.27. The summed E-state index contributed by atoms with van der Waals surface area (Å²) in [6, 6.07) is 3.93. The average Bonchev–Trinajstić information content (AvgIpc) is 2.50. The van der Waals surface area contributed by atoms with E-state index in [0.29, 0.717) is 0 Å². The number of benzene rings is 1. The van der Waals surface area contributed by atoms with Crippen molar-refractivity contribution in [3.05, 3.63) is 28.3 Å². The molecule has 0 aromatic heterocycles. The minimum absolute atomic E-state index is 0.787. The molecule has 1 aromatic rings. The highest BCUT2D eigenvalue weighted by atomic mass is 79.9. The first-order valence-corrected chi connectivity index (χ1v) is 5.31. The first kappa shape index (κ1) is 8.39. The number of hydrogen-bond donors (Lipinski definition) is 0. The van der Waals surface area contributed by atoms with Crippen LogP contribution in [0.1, 0.15) is 11.1 Å². The highest BCUT2D eigenvalue weighted by Crippen LogP contribution is 2.33. The topological polar surface area (TPSA) is 9.23 Å². The Morgan fingerprint density at radius 3 is 3.08 bits per heavy atom. The van der Waals surface area contributed by atoms with Gasteiger partial charge in [0.1, 0.15) is 5.75 Å². The van der Waals surface area contributed by atoms with E-state index in [-0.39, 0.29) is 0 Å². The first-order chi connectivity index (χ1) is 5.81. The Labute approximate surface area is 84.8 Å². The third-order valence-electron chi connectivity index (χ3n) is 1.97. The quantitative estimate of drug-likeness (QED) is 0.693. The van der Waals surface area contributed by atoms with Crippen LogP contribution in [0.15, 0.2) is 12.1 Å². The van der Waals surface area contributed by atoms with Gasteiger partial charge in [0.05, 0.1) is 6.61 Å². The number of ether oxygens (including phenoxy) is 1. The van der Waals surface area contributed by atoms with Gasteiger partial charge in [-0.1, -0.05) is 27.5 Å². The van der Waals surface area contributed by atoms with Gasteiger partial charge in [-0.25, -0.2) is 0 Å². The van der Waals surface area contributed by atoms with E-state index >= 15 is 0 Å². The van der Waals surface area contributed by atoms with Gasteiger partial charge in [-0.15, -0.1) is 0 Å². The van der Waals surface area contributed by atoms with E-state index in [2.05, 4.69) is 15.9 Å². The van der Waals surface area contributed by atoms with E-state index in [1.807, 2.05) is 12.1 Å². The Morgan fingerprint density at radius 2 is 2.33 bits per heavy atom. The molecule has 12 heavy (non-hydrogen) atoms. The van der Waals surface area contributed by atoms with Crippen molar-refractivity contribution in [3.8, 4) is 5.75 Å². The number of alkyl halides is 1. The summed E-state index contributed by atoms with van der Waals surface area (Å²) in [5, 5.41) is 1.60. The van der Waals surface area contributed by atoms with E-state index in [9.17, 15) is 0 Å². The molecule has 0 saturated heterocycles. The number of hydrogen-bond acceptors (Lipinski definition) is 1. The molecule has 1 aliphatic heterocycles. The number of fused-ring (bicyclic) bond motifs is 1. The number of rotatable bonds is 1. The predicted octanol–water partition coefficient (Wildman–Crippen LogP) is 3.17. The van der Waals surface area contributed by atoms with Crippen molar-refractivity contribution in [1.29, 1.82) is 0 Å². The van der Waals surface area contributed by atoms with E-state index in [4.69, 9.17) is 16.3 Å². The molecule has 0 amide bonds. The third kappa shape index (κ3) is 1.34. The lowest BCUT2D eigenvalue weighted by atomic mass is 10.1.